The number of nitrogens with zero attached hydrogens (tertiary/aromatic N) is 2. The molecule has 0 bridgehead atoms. The van der Waals surface area contributed by atoms with Crippen LogP contribution in [0.2, 0.25) is 0 Å². The molecule has 7 rings (SSSR count). The Kier molecular flexibility index (Phi) is 5.64. The van der Waals surface area contributed by atoms with Crippen molar-refractivity contribution in [3.05, 3.63) is 137 Å². The lowest BCUT2D eigenvalue weighted by molar-refractivity contribution is 0.0861. The van der Waals surface area contributed by atoms with Gasteiger partial charge in [-0.1, -0.05) is 66.8 Å². The highest BCUT2D eigenvalue weighted by Crippen LogP contribution is 2.60. The monoisotopic (exact) mass is 526 g/mol. The summed E-state index contributed by atoms with van der Waals surface area (Å²) in [5.74, 6) is 1.05. The van der Waals surface area contributed by atoms with Gasteiger partial charge in [0.05, 0.1) is 5.41 Å². The number of hydrogen-bond acceptors (Lipinski definition) is 4. The van der Waals surface area contributed by atoms with Gasteiger partial charge in [-0.15, -0.1) is 0 Å². The van der Waals surface area contributed by atoms with Crippen LogP contribution in [0.3, 0.4) is 0 Å². The first-order valence-corrected chi connectivity index (χ1v) is 14.2. The van der Waals surface area contributed by atoms with Crippen LogP contribution in [0, 0.1) is 0 Å². The fraction of sp³-hybridized carbons (Fsp3) is 0.250. The minimum Gasteiger partial charge on any atom is -0.482 e. The van der Waals surface area contributed by atoms with Crippen LogP contribution >= 0.6 is 0 Å². The van der Waals surface area contributed by atoms with E-state index in [1.807, 2.05) is 18.2 Å². The highest BCUT2D eigenvalue weighted by Gasteiger charge is 2.58. The van der Waals surface area contributed by atoms with Gasteiger partial charge in [-0.2, -0.15) is 0 Å². The predicted octanol–water partition coefficient (Wildman–Crippen LogP) is 7.73. The molecule has 0 aromatic heterocycles. The highest BCUT2D eigenvalue weighted by molar-refractivity contribution is 6.04. The predicted molar refractivity (Wildman–Crippen MR) is 162 cm³/mol. The third-order valence-corrected chi connectivity index (χ3v) is 9.19. The number of anilines is 2. The minimum atomic E-state index is -0.612. The molecule has 200 valence electrons. The van der Waals surface area contributed by atoms with E-state index >= 15 is 0 Å². The SMILES string of the molecule is CN(C1=CCCC=C1)c1ccc2c(c1)OC1(C)CC(N(C)c3ccccc3)=CC=C1[C@@]21CC(=O)c2ccccc21. The second-order valence-corrected chi connectivity index (χ2v) is 11.5. The molecule has 0 fully saturated rings. The standard InChI is InChI=1S/C36H34N2O2/c1-35-23-28(38(3)26-14-8-5-9-15-26)19-21-34(35)36(24-32(39)29-16-10-11-17-30(29)36)31-20-18-27(22-33(31)40-35)37(2)25-12-6-4-7-13-25/h5-6,8-22H,4,7,23-24H2,1-3H3/t35?,36-/m1/s1. The largest absolute Gasteiger partial charge is 0.482 e. The number of fused-ring (bicyclic) bond motifs is 6. The Balaban J connectivity index is 1.39. The molecule has 3 aromatic rings. The summed E-state index contributed by atoms with van der Waals surface area (Å²) >= 11 is 0. The van der Waals surface area contributed by atoms with Gasteiger partial charge in [-0.25, -0.2) is 0 Å². The Labute approximate surface area is 236 Å². The van der Waals surface area contributed by atoms with Crippen LogP contribution in [0.5, 0.6) is 5.75 Å². The lowest BCUT2D eigenvalue weighted by Crippen LogP contribution is -2.51. The summed E-state index contributed by atoms with van der Waals surface area (Å²) in [5, 5.41) is 0. The molecule has 0 saturated carbocycles. The van der Waals surface area contributed by atoms with Crippen LogP contribution in [-0.4, -0.2) is 25.5 Å². The van der Waals surface area contributed by atoms with Gasteiger partial charge in [-0.3, -0.25) is 4.79 Å². The minimum absolute atomic E-state index is 0.196. The van der Waals surface area contributed by atoms with E-state index in [-0.39, 0.29) is 5.78 Å². The number of ketones is 1. The summed E-state index contributed by atoms with van der Waals surface area (Å²) in [6.07, 6.45) is 14.4. The molecule has 40 heavy (non-hydrogen) atoms. The molecular formula is C36H34N2O2. The Morgan fingerprint density at radius 1 is 0.800 bits per heavy atom. The van der Waals surface area contributed by atoms with Crippen LogP contribution in [-0.2, 0) is 5.41 Å². The number of rotatable bonds is 4. The number of benzene rings is 3. The summed E-state index contributed by atoms with van der Waals surface area (Å²) in [7, 11) is 4.22. The van der Waals surface area contributed by atoms with Gasteiger partial charge in [0, 0.05) is 66.9 Å². The van der Waals surface area contributed by atoms with Crippen molar-refractivity contribution in [3.63, 3.8) is 0 Å². The number of ether oxygens (including phenoxy) is 1. The molecule has 1 unspecified atom stereocenters. The zero-order valence-electron chi connectivity index (χ0n) is 23.4. The number of hydrogen-bond donors (Lipinski definition) is 0. The number of carbonyl (C=O) groups is 1. The first kappa shape index (κ1) is 24.7. The Hall–Kier alpha value is -4.31. The second-order valence-electron chi connectivity index (χ2n) is 11.5. The van der Waals surface area contributed by atoms with E-state index in [9.17, 15) is 4.79 Å². The molecule has 2 atom stereocenters. The van der Waals surface area contributed by atoms with Gasteiger partial charge in [0.1, 0.15) is 11.4 Å². The van der Waals surface area contributed by atoms with Crippen molar-refractivity contribution < 1.29 is 9.53 Å². The van der Waals surface area contributed by atoms with Gasteiger partial charge < -0.3 is 14.5 Å². The summed E-state index contributed by atoms with van der Waals surface area (Å²) in [5.41, 5.74) is 7.58. The third-order valence-electron chi connectivity index (χ3n) is 9.19. The molecule has 1 aliphatic heterocycles. The fourth-order valence-electron chi connectivity index (χ4n) is 7.14. The smallest absolute Gasteiger partial charge is 0.164 e. The van der Waals surface area contributed by atoms with Crippen LogP contribution in [0.4, 0.5) is 11.4 Å². The summed E-state index contributed by atoms with van der Waals surface area (Å²) < 4.78 is 7.04. The van der Waals surface area contributed by atoms with Crippen molar-refractivity contribution in [3.8, 4) is 5.75 Å². The van der Waals surface area contributed by atoms with Gasteiger partial charge in [0.25, 0.3) is 0 Å². The molecule has 1 spiro atoms. The van der Waals surface area contributed by atoms with Gasteiger partial charge in [-0.05, 0) is 61.3 Å². The van der Waals surface area contributed by atoms with Crippen LogP contribution in [0.1, 0.15) is 54.1 Å². The lowest BCUT2D eigenvalue weighted by Gasteiger charge is -2.51. The van der Waals surface area contributed by atoms with E-state index in [1.165, 1.54) is 11.4 Å². The normalized spacial score (nSPS) is 24.3. The van der Waals surface area contributed by atoms with Crippen LogP contribution in [0.15, 0.2) is 120 Å². The van der Waals surface area contributed by atoms with E-state index in [1.54, 1.807) is 0 Å². The average molecular weight is 527 g/mol. The molecule has 4 aliphatic rings. The highest BCUT2D eigenvalue weighted by atomic mass is 16.5. The van der Waals surface area contributed by atoms with Crippen molar-refractivity contribution in [2.24, 2.45) is 0 Å². The number of carbonyl (C=O) groups excluding carboxylic acids is 1. The molecule has 3 aliphatic carbocycles. The topological polar surface area (TPSA) is 32.8 Å². The van der Waals surface area contributed by atoms with Crippen LogP contribution < -0.4 is 14.5 Å². The number of likely N-dealkylation sites (N-methyl/N-ethyl adjacent to an activating group) is 1. The van der Waals surface area contributed by atoms with Crippen molar-refractivity contribution in [2.45, 2.75) is 43.6 Å². The maximum atomic E-state index is 13.6. The van der Waals surface area contributed by atoms with E-state index in [0.29, 0.717) is 12.8 Å². The second kappa shape index (κ2) is 9.12. The quantitative estimate of drug-likeness (QED) is 0.348. The fourth-order valence-corrected chi connectivity index (χ4v) is 7.14. The van der Waals surface area contributed by atoms with Crippen LogP contribution in [0.25, 0.3) is 0 Å². The maximum Gasteiger partial charge on any atom is 0.164 e. The summed E-state index contributed by atoms with van der Waals surface area (Å²) in [4.78, 5) is 18.0. The van der Waals surface area contributed by atoms with Gasteiger partial charge >= 0.3 is 0 Å². The van der Waals surface area contributed by atoms with E-state index < -0.39 is 11.0 Å². The zero-order chi connectivity index (χ0) is 27.5. The molecule has 0 saturated heterocycles. The molecule has 3 aromatic carbocycles. The molecule has 0 amide bonds. The van der Waals surface area contributed by atoms with Crippen molar-refractivity contribution in [1.82, 2.24) is 0 Å². The maximum absolute atomic E-state index is 13.6. The van der Waals surface area contributed by atoms with E-state index in [0.717, 1.165) is 52.2 Å². The van der Waals surface area contributed by atoms with Crippen molar-refractivity contribution in [1.29, 1.82) is 0 Å². The first-order valence-electron chi connectivity index (χ1n) is 14.2. The zero-order valence-corrected chi connectivity index (χ0v) is 23.4. The van der Waals surface area contributed by atoms with E-state index in [4.69, 9.17) is 4.74 Å². The van der Waals surface area contributed by atoms with E-state index in [2.05, 4.69) is 116 Å². The lowest BCUT2D eigenvalue weighted by atomic mass is 9.61. The third kappa shape index (κ3) is 3.62. The molecular weight excluding hydrogens is 492 g/mol. The first-order chi connectivity index (χ1) is 19.4. The van der Waals surface area contributed by atoms with Crippen molar-refractivity contribution >= 4 is 17.2 Å². The van der Waals surface area contributed by atoms with Gasteiger partial charge in [0.15, 0.2) is 5.78 Å². The molecule has 0 radical (unpaired) electrons. The number of Topliss-reactive ketones (excluding diaryl/α,β-unsaturated/α-hetero) is 1. The molecule has 0 N–H and O–H groups in total. The number of allylic oxidation sites excluding steroid dienone is 5. The Morgan fingerprint density at radius 2 is 1.60 bits per heavy atom. The molecule has 1 heterocycles. The Morgan fingerprint density at radius 3 is 2.40 bits per heavy atom. The molecule has 4 nitrogen and oxygen atoms in total. The number of para-hydroxylation sites is 1. The molecule has 4 heteroatoms. The summed E-state index contributed by atoms with van der Waals surface area (Å²) in [6, 6.07) is 25.1. The summed E-state index contributed by atoms with van der Waals surface area (Å²) in [6.45, 7) is 2.20. The Bertz CT molecular complexity index is 1650. The van der Waals surface area contributed by atoms with Gasteiger partial charge in [0.2, 0.25) is 0 Å². The average Bonchev–Trinajstić information content (AvgIpc) is 3.29. The van der Waals surface area contributed by atoms with Crippen molar-refractivity contribution in [2.75, 3.05) is 23.9 Å².